The second-order valence-electron chi connectivity index (χ2n) is 6.98. The normalized spacial score (nSPS) is 17.6. The summed E-state index contributed by atoms with van der Waals surface area (Å²) in [6, 6.07) is 6.25. The fourth-order valence-electron chi connectivity index (χ4n) is 3.19. The van der Waals surface area contributed by atoms with E-state index in [1.807, 2.05) is 18.2 Å². The van der Waals surface area contributed by atoms with E-state index in [1.165, 1.54) is 0 Å². The molecule has 7 nitrogen and oxygen atoms in total. The molecule has 1 atom stereocenters. The van der Waals surface area contributed by atoms with Crippen LogP contribution in [0.2, 0.25) is 0 Å². The van der Waals surface area contributed by atoms with Crippen molar-refractivity contribution < 1.29 is 18.4 Å². The van der Waals surface area contributed by atoms with Gasteiger partial charge in [0, 0.05) is 21.6 Å². The fraction of sp³-hybridized carbons (Fsp3) is 0.368. The zero-order chi connectivity index (χ0) is 22.1. The van der Waals surface area contributed by atoms with E-state index in [0.29, 0.717) is 12.2 Å². The van der Waals surface area contributed by atoms with Crippen molar-refractivity contribution >= 4 is 43.7 Å². The number of aromatic nitrogens is 2. The molecule has 0 spiro atoms. The van der Waals surface area contributed by atoms with Gasteiger partial charge in [-0.25, -0.2) is 8.78 Å². The summed E-state index contributed by atoms with van der Waals surface area (Å²) in [4.78, 5) is 25.5. The number of benzene rings is 1. The summed E-state index contributed by atoms with van der Waals surface area (Å²) < 4.78 is 30.4. The molecular formula is C19H17Br2F2N5O2. The van der Waals surface area contributed by atoms with Gasteiger partial charge in [0.25, 0.3) is 11.8 Å². The van der Waals surface area contributed by atoms with Crippen LogP contribution in [0, 0.1) is 18.3 Å². The van der Waals surface area contributed by atoms with Crippen LogP contribution in [-0.4, -0.2) is 51.5 Å². The van der Waals surface area contributed by atoms with Crippen LogP contribution >= 0.6 is 31.9 Å². The molecule has 0 unspecified atom stereocenters. The Morgan fingerprint density at radius 3 is 2.77 bits per heavy atom. The van der Waals surface area contributed by atoms with E-state index in [-0.39, 0.29) is 5.56 Å². The third-order valence-electron chi connectivity index (χ3n) is 4.66. The van der Waals surface area contributed by atoms with Gasteiger partial charge in [0.15, 0.2) is 0 Å². The van der Waals surface area contributed by atoms with Crippen molar-refractivity contribution in [1.29, 1.82) is 5.26 Å². The van der Waals surface area contributed by atoms with Crippen molar-refractivity contribution in [2.75, 3.05) is 13.1 Å². The van der Waals surface area contributed by atoms with Gasteiger partial charge in [0.2, 0.25) is 5.91 Å². The van der Waals surface area contributed by atoms with Crippen molar-refractivity contribution in [2.24, 2.45) is 0 Å². The van der Waals surface area contributed by atoms with Crippen molar-refractivity contribution in [1.82, 2.24) is 20.0 Å². The fourth-order valence-corrected chi connectivity index (χ4v) is 3.87. The lowest BCUT2D eigenvalue weighted by atomic mass is 10.2. The molecule has 0 radical (unpaired) electrons. The zero-order valence-corrected chi connectivity index (χ0v) is 19.0. The number of hydrogen-bond acceptors (Lipinski definition) is 4. The van der Waals surface area contributed by atoms with Crippen LogP contribution in [0.1, 0.15) is 28.0 Å². The number of nitrogens with zero attached hydrogens (tertiary/aromatic N) is 4. The highest BCUT2D eigenvalue weighted by Gasteiger charge is 2.47. The Kier molecular flexibility index (Phi) is 6.57. The number of carbonyl (C=O) groups is 2. The number of nitriles is 1. The summed E-state index contributed by atoms with van der Waals surface area (Å²) in [6.45, 7) is 0.806. The highest BCUT2D eigenvalue weighted by Crippen LogP contribution is 2.31. The first-order chi connectivity index (χ1) is 14.1. The first-order valence-electron chi connectivity index (χ1n) is 8.93. The lowest BCUT2D eigenvalue weighted by Gasteiger charge is -2.19. The molecule has 30 heavy (non-hydrogen) atoms. The Labute approximate surface area is 188 Å². The monoisotopic (exact) mass is 543 g/mol. The Bertz CT molecular complexity index is 1030. The van der Waals surface area contributed by atoms with E-state index < -0.39 is 43.3 Å². The summed E-state index contributed by atoms with van der Waals surface area (Å²) in [5.41, 5.74) is 1.72. The molecule has 3 rings (SSSR count). The molecule has 11 heteroatoms. The number of hydrogen-bond donors (Lipinski definition) is 1. The average molecular weight is 545 g/mol. The molecule has 2 amide bonds. The van der Waals surface area contributed by atoms with Crippen LogP contribution in [0.5, 0.6) is 0 Å². The highest BCUT2D eigenvalue weighted by atomic mass is 79.9. The predicted molar refractivity (Wildman–Crippen MR) is 111 cm³/mol. The Morgan fingerprint density at radius 2 is 2.10 bits per heavy atom. The van der Waals surface area contributed by atoms with Gasteiger partial charge in [-0.1, -0.05) is 6.07 Å². The summed E-state index contributed by atoms with van der Waals surface area (Å²) >= 11 is 6.84. The molecule has 1 N–H and O–H groups in total. The molecule has 158 valence electrons. The van der Waals surface area contributed by atoms with Gasteiger partial charge >= 0.3 is 0 Å². The minimum absolute atomic E-state index is 0.280. The maximum atomic E-state index is 13.5. The number of amides is 2. The van der Waals surface area contributed by atoms with Crippen LogP contribution in [-0.2, 0) is 11.3 Å². The molecule has 2 heterocycles. The smallest absolute Gasteiger partial charge is 0.268 e. The Morgan fingerprint density at radius 1 is 1.37 bits per heavy atom. The lowest BCUT2D eigenvalue weighted by molar-refractivity contribution is -0.131. The third-order valence-corrected chi connectivity index (χ3v) is 6.54. The molecule has 2 aromatic rings. The molecule has 1 aromatic carbocycles. The Balaban J connectivity index is 1.63. The van der Waals surface area contributed by atoms with Crippen LogP contribution in [0.15, 0.2) is 33.3 Å². The van der Waals surface area contributed by atoms with Crippen LogP contribution in [0.3, 0.4) is 0 Å². The average Bonchev–Trinajstić information content (AvgIpc) is 3.21. The standard InChI is InChI=1S/C19H17Br2F2N5O2/c1-11-14(9-27(26-11)8-12-2-3-15(20)16(21)4-12)18(30)25-7-17(29)28-10-19(22,23)5-13(28)6-24/h2-4,9,13H,5,7-8,10H2,1H3,(H,25,30)/t13-/m0/s1. The van der Waals surface area contributed by atoms with Crippen LogP contribution < -0.4 is 5.32 Å². The number of alkyl halides is 2. The van der Waals surface area contributed by atoms with E-state index in [9.17, 15) is 18.4 Å². The highest BCUT2D eigenvalue weighted by molar-refractivity contribution is 9.13. The van der Waals surface area contributed by atoms with Gasteiger partial charge in [-0.2, -0.15) is 10.4 Å². The minimum atomic E-state index is -3.10. The molecule has 1 aliphatic heterocycles. The van der Waals surface area contributed by atoms with Gasteiger partial charge in [-0.15, -0.1) is 0 Å². The van der Waals surface area contributed by atoms with Crippen molar-refractivity contribution in [3.05, 3.63) is 50.2 Å². The topological polar surface area (TPSA) is 91.0 Å². The van der Waals surface area contributed by atoms with E-state index in [1.54, 1.807) is 23.9 Å². The molecule has 1 fully saturated rings. The van der Waals surface area contributed by atoms with Crippen molar-refractivity contribution in [2.45, 2.75) is 31.9 Å². The number of rotatable bonds is 5. The summed E-state index contributed by atoms with van der Waals surface area (Å²) in [6.07, 6.45) is 0.869. The SMILES string of the molecule is Cc1nn(Cc2ccc(Br)c(Br)c2)cc1C(=O)NCC(=O)N1CC(F)(F)C[C@H]1C#N. The third kappa shape index (κ3) is 5.05. The van der Waals surface area contributed by atoms with Gasteiger partial charge < -0.3 is 10.2 Å². The quantitative estimate of drug-likeness (QED) is 0.625. The van der Waals surface area contributed by atoms with Crippen LogP contribution in [0.4, 0.5) is 8.78 Å². The summed E-state index contributed by atoms with van der Waals surface area (Å²) in [5, 5.41) is 15.7. The first-order valence-corrected chi connectivity index (χ1v) is 10.5. The predicted octanol–water partition coefficient (Wildman–Crippen LogP) is 3.25. The maximum absolute atomic E-state index is 13.5. The molecular weight excluding hydrogens is 528 g/mol. The first kappa shape index (κ1) is 22.4. The van der Waals surface area contributed by atoms with E-state index in [4.69, 9.17) is 5.26 Å². The van der Waals surface area contributed by atoms with Gasteiger partial charge in [-0.05, 0) is 56.5 Å². The molecule has 0 saturated carbocycles. The van der Waals surface area contributed by atoms with Gasteiger partial charge in [0.05, 0.1) is 37.0 Å². The number of aryl methyl sites for hydroxylation is 1. The number of nitrogens with one attached hydrogen (secondary N) is 1. The lowest BCUT2D eigenvalue weighted by Crippen LogP contribution is -2.43. The minimum Gasteiger partial charge on any atom is -0.343 e. The van der Waals surface area contributed by atoms with Crippen molar-refractivity contribution in [3.63, 3.8) is 0 Å². The van der Waals surface area contributed by atoms with Gasteiger partial charge in [0.1, 0.15) is 6.04 Å². The second-order valence-corrected chi connectivity index (χ2v) is 8.69. The second kappa shape index (κ2) is 8.81. The molecule has 1 saturated heterocycles. The van der Waals surface area contributed by atoms with E-state index in [0.717, 1.165) is 19.4 Å². The van der Waals surface area contributed by atoms with Crippen molar-refractivity contribution in [3.8, 4) is 6.07 Å². The summed E-state index contributed by atoms with van der Waals surface area (Å²) in [5.74, 6) is -4.36. The zero-order valence-electron chi connectivity index (χ0n) is 15.8. The molecule has 1 aromatic heterocycles. The summed E-state index contributed by atoms with van der Waals surface area (Å²) in [7, 11) is 0. The van der Waals surface area contributed by atoms with E-state index in [2.05, 4.69) is 42.3 Å². The number of likely N-dealkylation sites (tertiary alicyclic amines) is 1. The molecule has 0 bridgehead atoms. The largest absolute Gasteiger partial charge is 0.343 e. The van der Waals surface area contributed by atoms with Crippen LogP contribution in [0.25, 0.3) is 0 Å². The number of halogens is 4. The Hall–Kier alpha value is -2.32. The number of carbonyl (C=O) groups excluding carboxylic acids is 2. The molecule has 0 aliphatic carbocycles. The van der Waals surface area contributed by atoms with E-state index >= 15 is 0 Å². The maximum Gasteiger partial charge on any atom is 0.268 e. The van der Waals surface area contributed by atoms with Gasteiger partial charge in [-0.3, -0.25) is 14.3 Å². The molecule has 1 aliphatic rings.